The number of aromatic amines is 1. The number of aromatic nitrogens is 1. The Hall–Kier alpha value is -2.56. The third kappa shape index (κ3) is 3.35. The van der Waals surface area contributed by atoms with E-state index >= 15 is 0 Å². The van der Waals surface area contributed by atoms with Gasteiger partial charge in [0, 0.05) is 18.3 Å². The van der Waals surface area contributed by atoms with Gasteiger partial charge in [0.1, 0.15) is 11.3 Å². The van der Waals surface area contributed by atoms with Gasteiger partial charge in [-0.05, 0) is 56.0 Å². The molecule has 0 bridgehead atoms. The van der Waals surface area contributed by atoms with E-state index in [1.165, 1.54) is 0 Å². The lowest BCUT2D eigenvalue weighted by atomic mass is 10.0. The number of likely N-dealkylation sites (tertiary alicyclic amines) is 1. The molecule has 1 aliphatic heterocycles. The van der Waals surface area contributed by atoms with Crippen LogP contribution in [0, 0.1) is 6.92 Å². The van der Waals surface area contributed by atoms with Crippen molar-refractivity contribution < 1.29 is 9.53 Å². The first-order valence-electron chi connectivity index (χ1n) is 8.22. The highest BCUT2D eigenvalue weighted by atomic mass is 16.5. The van der Waals surface area contributed by atoms with E-state index in [1.54, 1.807) is 26.2 Å². The zero-order valence-electron chi connectivity index (χ0n) is 14.0. The first kappa shape index (κ1) is 16.3. The summed E-state index contributed by atoms with van der Waals surface area (Å²) < 4.78 is 5.26. The number of benzene rings is 1. The molecule has 5 heteroatoms. The zero-order chi connectivity index (χ0) is 17.1. The summed E-state index contributed by atoms with van der Waals surface area (Å²) in [4.78, 5) is 29.4. The number of hydrogen-bond donors (Lipinski definition) is 1. The molecule has 2 aromatic rings. The number of methoxy groups -OCH3 is 1. The molecule has 126 valence electrons. The van der Waals surface area contributed by atoms with Crippen LogP contribution in [0.25, 0.3) is 0 Å². The molecule has 0 radical (unpaired) electrons. The molecule has 1 N–H and O–H groups in total. The smallest absolute Gasteiger partial charge is 0.260 e. The highest BCUT2D eigenvalue weighted by Crippen LogP contribution is 2.24. The van der Waals surface area contributed by atoms with Gasteiger partial charge >= 0.3 is 0 Å². The van der Waals surface area contributed by atoms with Gasteiger partial charge in [0.15, 0.2) is 0 Å². The summed E-state index contributed by atoms with van der Waals surface area (Å²) in [5.74, 6) is 0.639. The number of rotatable bonds is 4. The zero-order valence-corrected chi connectivity index (χ0v) is 14.0. The lowest BCUT2D eigenvalue weighted by Gasteiger charge is -2.25. The molecule has 2 heterocycles. The number of carbonyl (C=O) groups is 1. The number of carbonyl (C=O) groups excluding carboxylic acids is 1. The Balaban J connectivity index is 1.79. The van der Waals surface area contributed by atoms with Crippen LogP contribution >= 0.6 is 0 Å². The van der Waals surface area contributed by atoms with Gasteiger partial charge in [-0.1, -0.05) is 12.1 Å². The average Bonchev–Trinajstić information content (AvgIpc) is 3.02. The summed E-state index contributed by atoms with van der Waals surface area (Å²) in [6.07, 6.45) is 2.68. The van der Waals surface area contributed by atoms with Gasteiger partial charge in [0.2, 0.25) is 0 Å². The molecule has 24 heavy (non-hydrogen) atoms. The lowest BCUT2D eigenvalue weighted by Crippen LogP contribution is -2.39. The molecule has 1 aliphatic rings. The highest BCUT2D eigenvalue weighted by Gasteiger charge is 2.30. The monoisotopic (exact) mass is 326 g/mol. The fraction of sp³-hybridized carbons (Fsp3) is 0.368. The Morgan fingerprint density at radius 2 is 2.17 bits per heavy atom. The average molecular weight is 326 g/mol. The van der Waals surface area contributed by atoms with Gasteiger partial charge in [0.25, 0.3) is 11.5 Å². The Morgan fingerprint density at radius 3 is 2.92 bits per heavy atom. The molecule has 1 atom stereocenters. The Morgan fingerprint density at radius 1 is 1.33 bits per heavy atom. The van der Waals surface area contributed by atoms with Crippen LogP contribution in [0.3, 0.4) is 0 Å². The highest BCUT2D eigenvalue weighted by molar-refractivity contribution is 5.94. The van der Waals surface area contributed by atoms with Crippen molar-refractivity contribution in [3.8, 4) is 5.75 Å². The van der Waals surface area contributed by atoms with Gasteiger partial charge in [0.05, 0.1) is 7.11 Å². The van der Waals surface area contributed by atoms with Gasteiger partial charge in [-0.15, -0.1) is 0 Å². The summed E-state index contributed by atoms with van der Waals surface area (Å²) in [5.41, 5.74) is 1.80. The summed E-state index contributed by atoms with van der Waals surface area (Å²) in [6.45, 7) is 2.50. The molecule has 0 saturated carbocycles. The van der Waals surface area contributed by atoms with Crippen LogP contribution in [0.4, 0.5) is 0 Å². The van der Waals surface area contributed by atoms with Gasteiger partial charge in [-0.25, -0.2) is 0 Å². The summed E-state index contributed by atoms with van der Waals surface area (Å²) in [6, 6.07) is 11.4. The van der Waals surface area contributed by atoms with Crippen LogP contribution in [-0.4, -0.2) is 35.5 Å². The summed E-state index contributed by atoms with van der Waals surface area (Å²) in [5, 5.41) is 0. The Bertz CT molecular complexity index is 797. The first-order chi connectivity index (χ1) is 11.6. The number of amides is 1. The van der Waals surface area contributed by atoms with Crippen molar-refractivity contribution in [2.45, 2.75) is 32.2 Å². The molecule has 1 saturated heterocycles. The fourth-order valence-electron chi connectivity index (χ4n) is 3.28. The number of nitrogens with one attached hydrogen (secondary N) is 1. The van der Waals surface area contributed by atoms with Crippen molar-refractivity contribution in [1.82, 2.24) is 9.88 Å². The van der Waals surface area contributed by atoms with Crippen molar-refractivity contribution >= 4 is 5.91 Å². The van der Waals surface area contributed by atoms with Crippen molar-refractivity contribution in [2.75, 3.05) is 13.7 Å². The minimum atomic E-state index is -0.313. The molecule has 0 aliphatic carbocycles. The van der Waals surface area contributed by atoms with Crippen LogP contribution in [-0.2, 0) is 6.42 Å². The van der Waals surface area contributed by atoms with E-state index in [1.807, 2.05) is 29.2 Å². The topological polar surface area (TPSA) is 62.4 Å². The molecule has 5 nitrogen and oxygen atoms in total. The third-order valence-electron chi connectivity index (χ3n) is 4.53. The molecular formula is C19H22N2O3. The minimum Gasteiger partial charge on any atom is -0.497 e. The van der Waals surface area contributed by atoms with E-state index in [-0.39, 0.29) is 23.1 Å². The maximum Gasteiger partial charge on any atom is 0.260 e. The predicted molar refractivity (Wildman–Crippen MR) is 92.6 cm³/mol. The molecule has 1 aromatic carbocycles. The van der Waals surface area contributed by atoms with Crippen LogP contribution in [0.5, 0.6) is 5.75 Å². The van der Waals surface area contributed by atoms with Crippen LogP contribution < -0.4 is 10.3 Å². The number of aryl methyl sites for hydroxylation is 1. The van der Waals surface area contributed by atoms with E-state index in [0.29, 0.717) is 6.54 Å². The summed E-state index contributed by atoms with van der Waals surface area (Å²) in [7, 11) is 1.65. The molecule has 1 aromatic heterocycles. The Kier molecular flexibility index (Phi) is 4.69. The van der Waals surface area contributed by atoms with Crippen LogP contribution in [0.1, 0.15) is 34.5 Å². The number of hydrogen-bond acceptors (Lipinski definition) is 3. The largest absolute Gasteiger partial charge is 0.497 e. The van der Waals surface area contributed by atoms with Crippen molar-refractivity contribution in [1.29, 1.82) is 0 Å². The normalized spacial score (nSPS) is 17.1. The van der Waals surface area contributed by atoms with Crippen molar-refractivity contribution in [3.05, 3.63) is 63.6 Å². The summed E-state index contributed by atoms with van der Waals surface area (Å²) >= 11 is 0. The van der Waals surface area contributed by atoms with Gasteiger partial charge in [-0.2, -0.15) is 0 Å². The fourth-order valence-corrected chi connectivity index (χ4v) is 3.28. The van der Waals surface area contributed by atoms with Crippen molar-refractivity contribution in [3.63, 3.8) is 0 Å². The van der Waals surface area contributed by atoms with E-state index < -0.39 is 0 Å². The third-order valence-corrected chi connectivity index (χ3v) is 4.53. The van der Waals surface area contributed by atoms with Crippen LogP contribution in [0.15, 0.2) is 41.2 Å². The second-order valence-electron chi connectivity index (χ2n) is 6.23. The van der Waals surface area contributed by atoms with Gasteiger partial charge in [-0.3, -0.25) is 9.59 Å². The van der Waals surface area contributed by atoms with Crippen molar-refractivity contribution in [2.24, 2.45) is 0 Å². The van der Waals surface area contributed by atoms with Gasteiger partial charge < -0.3 is 14.6 Å². The van der Waals surface area contributed by atoms with Crippen LogP contribution in [0.2, 0.25) is 0 Å². The maximum atomic E-state index is 12.8. The molecule has 1 amide bonds. The first-order valence-corrected chi connectivity index (χ1v) is 8.22. The minimum absolute atomic E-state index is 0.116. The van der Waals surface area contributed by atoms with E-state index in [0.717, 1.165) is 36.3 Å². The van der Waals surface area contributed by atoms with E-state index in [9.17, 15) is 9.59 Å². The molecule has 0 spiro atoms. The molecule has 1 fully saturated rings. The Labute approximate surface area is 141 Å². The second-order valence-corrected chi connectivity index (χ2v) is 6.23. The molecular weight excluding hydrogens is 304 g/mol. The standard InChI is InChI=1S/C19H22N2O3/c1-13-8-9-17(18(22)20-13)19(23)21-10-4-6-15(21)11-14-5-3-7-16(12-14)24-2/h3,5,7-9,12,15H,4,6,10-11H2,1-2H3,(H,20,22)/t15-/m1/s1. The quantitative estimate of drug-likeness (QED) is 0.939. The SMILES string of the molecule is COc1cccc(C[C@H]2CCCN2C(=O)c2ccc(C)[nH]c2=O)c1. The molecule has 0 unspecified atom stereocenters. The second kappa shape index (κ2) is 6.91. The number of pyridine rings is 1. The maximum absolute atomic E-state index is 12.8. The molecule has 3 rings (SSSR count). The number of nitrogens with zero attached hydrogens (tertiary/aromatic N) is 1. The lowest BCUT2D eigenvalue weighted by molar-refractivity contribution is 0.0734. The van der Waals surface area contributed by atoms with E-state index in [4.69, 9.17) is 4.74 Å². The number of H-pyrrole nitrogens is 1. The predicted octanol–water partition coefficient (Wildman–Crippen LogP) is 2.54. The van der Waals surface area contributed by atoms with E-state index in [2.05, 4.69) is 4.98 Å². The number of ether oxygens (including phenoxy) is 1.